The van der Waals surface area contributed by atoms with E-state index in [0.717, 1.165) is 27.2 Å². The zero-order valence-corrected chi connectivity index (χ0v) is 12.1. The third-order valence-electron chi connectivity index (χ3n) is 3.08. The van der Waals surface area contributed by atoms with Gasteiger partial charge in [0, 0.05) is 18.4 Å². The minimum atomic E-state index is -0.316. The average Bonchev–Trinajstić information content (AvgIpc) is 2.74. The summed E-state index contributed by atoms with van der Waals surface area (Å²) in [6.45, 7) is 0. The van der Waals surface area contributed by atoms with Crippen molar-refractivity contribution in [2.45, 2.75) is 0 Å². The van der Waals surface area contributed by atoms with Gasteiger partial charge in [-0.25, -0.2) is 4.79 Å². The van der Waals surface area contributed by atoms with E-state index in [1.54, 1.807) is 23.7 Å². The van der Waals surface area contributed by atoms with Gasteiger partial charge in [-0.3, -0.25) is 4.79 Å². The molecule has 21 heavy (non-hydrogen) atoms. The Labute approximate surface area is 124 Å². The van der Waals surface area contributed by atoms with Gasteiger partial charge in [0.25, 0.3) is 0 Å². The summed E-state index contributed by atoms with van der Waals surface area (Å²) in [4.78, 5) is 23.5. The quantitative estimate of drug-likeness (QED) is 0.763. The van der Waals surface area contributed by atoms with Crippen LogP contribution in [0.25, 0.3) is 10.2 Å². The first-order valence-electron chi connectivity index (χ1n) is 6.36. The number of benzene rings is 2. The van der Waals surface area contributed by atoms with E-state index >= 15 is 0 Å². The first-order valence-corrected chi connectivity index (χ1v) is 7.18. The van der Waals surface area contributed by atoms with Crippen molar-refractivity contribution in [3.63, 3.8) is 0 Å². The fourth-order valence-corrected chi connectivity index (χ4v) is 2.95. The van der Waals surface area contributed by atoms with Crippen LogP contribution in [0.5, 0.6) is 0 Å². The van der Waals surface area contributed by atoms with Gasteiger partial charge in [-0.1, -0.05) is 29.5 Å². The molecule has 106 valence electrons. The lowest BCUT2D eigenvalue weighted by Gasteiger charge is -2.07. The minimum absolute atomic E-state index is 0.0177. The van der Waals surface area contributed by atoms with Gasteiger partial charge in [0.05, 0.1) is 10.2 Å². The highest BCUT2D eigenvalue weighted by Crippen LogP contribution is 2.21. The smallest absolute Gasteiger partial charge is 0.308 e. The standard InChI is InChI=1S/C15H13N3O2S/c1-18-12-8-7-11(9-13(12)21-15(18)20)17-14(19)16-10-5-3-2-4-6-10/h2-9H,1H3,(H2,16,17,19). The number of aromatic nitrogens is 1. The maximum Gasteiger partial charge on any atom is 0.323 e. The first kappa shape index (κ1) is 13.4. The number of amides is 2. The van der Waals surface area contributed by atoms with Gasteiger partial charge in [0.2, 0.25) is 0 Å². The van der Waals surface area contributed by atoms with E-state index in [0.29, 0.717) is 5.69 Å². The molecule has 0 aliphatic carbocycles. The Morgan fingerprint density at radius 1 is 1.05 bits per heavy atom. The van der Waals surface area contributed by atoms with Crippen molar-refractivity contribution in [1.29, 1.82) is 0 Å². The Bertz CT molecular complexity index is 852. The second-order valence-corrected chi connectivity index (χ2v) is 5.55. The number of carbonyl (C=O) groups is 1. The van der Waals surface area contributed by atoms with Crippen molar-refractivity contribution in [3.05, 3.63) is 58.2 Å². The fraction of sp³-hybridized carbons (Fsp3) is 0.0667. The molecule has 0 bridgehead atoms. The lowest BCUT2D eigenvalue weighted by Crippen LogP contribution is -2.19. The molecule has 0 radical (unpaired) electrons. The molecule has 3 aromatic rings. The second-order valence-electron chi connectivity index (χ2n) is 4.55. The summed E-state index contributed by atoms with van der Waals surface area (Å²) in [5.41, 5.74) is 2.23. The van der Waals surface area contributed by atoms with Crippen molar-refractivity contribution >= 4 is 39.0 Å². The molecule has 0 unspecified atom stereocenters. The second kappa shape index (κ2) is 5.41. The summed E-state index contributed by atoms with van der Waals surface area (Å²) in [6, 6.07) is 14.3. The van der Waals surface area contributed by atoms with E-state index in [1.807, 2.05) is 36.4 Å². The van der Waals surface area contributed by atoms with Crippen molar-refractivity contribution < 1.29 is 4.79 Å². The number of thiazole rings is 1. The molecule has 2 N–H and O–H groups in total. The van der Waals surface area contributed by atoms with Gasteiger partial charge in [0.1, 0.15) is 0 Å². The molecule has 0 saturated carbocycles. The number of urea groups is 1. The molecule has 2 aromatic carbocycles. The third-order valence-corrected chi connectivity index (χ3v) is 4.08. The lowest BCUT2D eigenvalue weighted by atomic mass is 10.3. The third kappa shape index (κ3) is 2.80. The van der Waals surface area contributed by atoms with E-state index in [9.17, 15) is 9.59 Å². The van der Waals surface area contributed by atoms with Crippen LogP contribution in [0.4, 0.5) is 16.2 Å². The van der Waals surface area contributed by atoms with Gasteiger partial charge in [-0.15, -0.1) is 0 Å². The van der Waals surface area contributed by atoms with Gasteiger partial charge >= 0.3 is 10.9 Å². The molecule has 1 aromatic heterocycles. The van der Waals surface area contributed by atoms with Gasteiger partial charge < -0.3 is 15.2 Å². The number of rotatable bonds is 2. The fourth-order valence-electron chi connectivity index (χ4n) is 2.03. The highest BCUT2D eigenvalue weighted by atomic mass is 32.1. The van der Waals surface area contributed by atoms with Crippen LogP contribution in [0.15, 0.2) is 53.3 Å². The highest BCUT2D eigenvalue weighted by Gasteiger charge is 2.07. The topological polar surface area (TPSA) is 63.1 Å². The number of carbonyl (C=O) groups excluding carboxylic acids is 1. The van der Waals surface area contributed by atoms with Gasteiger partial charge in [0.15, 0.2) is 0 Å². The normalized spacial score (nSPS) is 10.5. The van der Waals surface area contributed by atoms with Gasteiger partial charge in [-0.2, -0.15) is 0 Å². The Morgan fingerprint density at radius 3 is 2.52 bits per heavy atom. The SMILES string of the molecule is Cn1c(=O)sc2cc(NC(=O)Nc3ccccc3)ccc21. The number of hydrogen-bond acceptors (Lipinski definition) is 3. The molecule has 3 rings (SSSR count). The number of anilines is 2. The van der Waals surface area contributed by atoms with Crippen LogP contribution in [0.3, 0.4) is 0 Å². The van der Waals surface area contributed by atoms with E-state index in [-0.39, 0.29) is 10.9 Å². The summed E-state index contributed by atoms with van der Waals surface area (Å²) in [5, 5.41) is 5.50. The largest absolute Gasteiger partial charge is 0.323 e. The summed E-state index contributed by atoms with van der Waals surface area (Å²) in [6.07, 6.45) is 0. The number of nitrogens with zero attached hydrogens (tertiary/aromatic N) is 1. The van der Waals surface area contributed by atoms with Crippen LogP contribution < -0.4 is 15.5 Å². The Kier molecular flexibility index (Phi) is 3.45. The molecule has 0 spiro atoms. The van der Waals surface area contributed by atoms with Crippen molar-refractivity contribution in [1.82, 2.24) is 4.57 Å². The molecule has 0 atom stereocenters. The van der Waals surface area contributed by atoms with E-state index < -0.39 is 0 Å². The van der Waals surface area contributed by atoms with Crippen LogP contribution in [-0.4, -0.2) is 10.6 Å². The molecule has 6 heteroatoms. The summed E-state index contributed by atoms with van der Waals surface area (Å²) < 4.78 is 2.44. The first-order chi connectivity index (χ1) is 10.1. The van der Waals surface area contributed by atoms with Crippen molar-refractivity contribution in [3.8, 4) is 0 Å². The molecule has 5 nitrogen and oxygen atoms in total. The van der Waals surface area contributed by atoms with Gasteiger partial charge in [-0.05, 0) is 30.3 Å². The maximum absolute atomic E-state index is 11.9. The predicted molar refractivity (Wildman–Crippen MR) is 86.1 cm³/mol. The van der Waals surface area contributed by atoms with Crippen LogP contribution >= 0.6 is 11.3 Å². The number of nitrogens with one attached hydrogen (secondary N) is 2. The van der Waals surface area contributed by atoms with Crippen LogP contribution in [0, 0.1) is 0 Å². The van der Waals surface area contributed by atoms with E-state index in [1.165, 1.54) is 0 Å². The molecule has 1 heterocycles. The zero-order valence-electron chi connectivity index (χ0n) is 11.3. The summed E-state index contributed by atoms with van der Waals surface area (Å²) >= 11 is 1.16. The number of aryl methyl sites for hydroxylation is 1. The molecule has 2 amide bonds. The average molecular weight is 299 g/mol. The van der Waals surface area contributed by atoms with Crippen LogP contribution in [-0.2, 0) is 7.05 Å². The predicted octanol–water partition coefficient (Wildman–Crippen LogP) is 3.24. The molecular weight excluding hydrogens is 286 g/mol. The van der Waals surface area contributed by atoms with Crippen LogP contribution in [0.2, 0.25) is 0 Å². The minimum Gasteiger partial charge on any atom is -0.308 e. The Morgan fingerprint density at radius 2 is 1.76 bits per heavy atom. The zero-order chi connectivity index (χ0) is 14.8. The number of hydrogen-bond donors (Lipinski definition) is 2. The molecule has 0 aliphatic heterocycles. The maximum atomic E-state index is 11.9. The number of para-hydroxylation sites is 1. The highest BCUT2D eigenvalue weighted by molar-refractivity contribution is 7.16. The Hall–Kier alpha value is -2.60. The molecular formula is C15H13N3O2S. The monoisotopic (exact) mass is 299 g/mol. The van der Waals surface area contributed by atoms with E-state index in [2.05, 4.69) is 10.6 Å². The van der Waals surface area contributed by atoms with Crippen molar-refractivity contribution in [2.24, 2.45) is 7.05 Å². The summed E-state index contributed by atoms with van der Waals surface area (Å²) in [5.74, 6) is 0. The molecule has 0 aliphatic rings. The van der Waals surface area contributed by atoms with Crippen LogP contribution in [0.1, 0.15) is 0 Å². The van der Waals surface area contributed by atoms with E-state index in [4.69, 9.17) is 0 Å². The van der Waals surface area contributed by atoms with Crippen molar-refractivity contribution in [2.75, 3.05) is 10.6 Å². The molecule has 0 fully saturated rings. The summed E-state index contributed by atoms with van der Waals surface area (Å²) in [7, 11) is 1.73. The Balaban J connectivity index is 1.78. The number of fused-ring (bicyclic) bond motifs is 1. The molecule has 0 saturated heterocycles. The lowest BCUT2D eigenvalue weighted by molar-refractivity contribution is 0.262.